The molecule has 2 nitrogen and oxygen atoms in total. The SMILES string of the molecule is OCc1ccn(Cc2ccc(Br)cc2Cl)c1. The van der Waals surface area contributed by atoms with Crippen LogP contribution in [0.1, 0.15) is 11.1 Å². The number of hydrogen-bond donors (Lipinski definition) is 1. The third-order valence-corrected chi connectivity index (χ3v) is 3.21. The van der Waals surface area contributed by atoms with Crippen LogP contribution in [0.25, 0.3) is 0 Å². The fraction of sp³-hybridized carbons (Fsp3) is 0.167. The topological polar surface area (TPSA) is 25.2 Å². The molecule has 2 rings (SSSR count). The number of aliphatic hydroxyl groups is 1. The quantitative estimate of drug-likeness (QED) is 0.923. The first-order chi connectivity index (χ1) is 7.69. The largest absolute Gasteiger partial charge is 0.392 e. The van der Waals surface area contributed by atoms with Crippen LogP contribution >= 0.6 is 27.5 Å². The molecule has 0 bridgehead atoms. The van der Waals surface area contributed by atoms with Gasteiger partial charge in [-0.25, -0.2) is 0 Å². The molecule has 1 N–H and O–H groups in total. The fourth-order valence-electron chi connectivity index (χ4n) is 1.53. The predicted molar refractivity (Wildman–Crippen MR) is 68.6 cm³/mol. The Kier molecular flexibility index (Phi) is 3.69. The van der Waals surface area contributed by atoms with E-state index in [4.69, 9.17) is 16.7 Å². The summed E-state index contributed by atoms with van der Waals surface area (Å²) in [6, 6.07) is 7.74. The minimum absolute atomic E-state index is 0.0705. The lowest BCUT2D eigenvalue weighted by atomic mass is 10.2. The number of nitrogens with zero attached hydrogens (tertiary/aromatic N) is 1. The molecule has 0 saturated heterocycles. The molecule has 0 aliphatic carbocycles. The van der Waals surface area contributed by atoms with Crippen LogP contribution in [0.3, 0.4) is 0 Å². The first-order valence-corrected chi connectivity index (χ1v) is 6.05. The molecule has 1 aromatic heterocycles. The van der Waals surface area contributed by atoms with Gasteiger partial charge >= 0.3 is 0 Å². The van der Waals surface area contributed by atoms with E-state index in [9.17, 15) is 0 Å². The highest BCUT2D eigenvalue weighted by Gasteiger charge is 2.02. The van der Waals surface area contributed by atoms with Gasteiger partial charge in [0, 0.05) is 28.4 Å². The average molecular weight is 301 g/mol. The molecule has 0 amide bonds. The van der Waals surface area contributed by atoms with Crippen LogP contribution in [-0.4, -0.2) is 9.67 Å². The summed E-state index contributed by atoms with van der Waals surface area (Å²) >= 11 is 9.50. The van der Waals surface area contributed by atoms with Crippen LogP contribution in [0.5, 0.6) is 0 Å². The predicted octanol–water partition coefficient (Wildman–Crippen LogP) is 3.44. The smallest absolute Gasteiger partial charge is 0.0696 e. The zero-order chi connectivity index (χ0) is 11.5. The van der Waals surface area contributed by atoms with Crippen LogP contribution in [0, 0.1) is 0 Å². The van der Waals surface area contributed by atoms with E-state index < -0.39 is 0 Å². The molecule has 84 valence electrons. The van der Waals surface area contributed by atoms with Crippen LogP contribution in [0.15, 0.2) is 41.1 Å². The molecule has 0 fully saturated rings. The van der Waals surface area contributed by atoms with Crippen molar-refractivity contribution in [1.29, 1.82) is 0 Å². The summed E-state index contributed by atoms with van der Waals surface area (Å²) in [5, 5.41) is 9.71. The Bertz CT molecular complexity index is 496. The normalized spacial score (nSPS) is 10.7. The second-order valence-electron chi connectivity index (χ2n) is 3.59. The molecule has 0 radical (unpaired) electrons. The lowest BCUT2D eigenvalue weighted by molar-refractivity contribution is 0.282. The second kappa shape index (κ2) is 5.04. The van der Waals surface area contributed by atoms with E-state index in [-0.39, 0.29) is 6.61 Å². The van der Waals surface area contributed by atoms with Crippen molar-refractivity contribution in [2.45, 2.75) is 13.2 Å². The van der Waals surface area contributed by atoms with Crippen LogP contribution in [0.4, 0.5) is 0 Å². The van der Waals surface area contributed by atoms with Crippen molar-refractivity contribution in [2.24, 2.45) is 0 Å². The van der Waals surface area contributed by atoms with E-state index in [1.54, 1.807) is 0 Å². The van der Waals surface area contributed by atoms with Crippen molar-refractivity contribution in [3.63, 3.8) is 0 Å². The summed E-state index contributed by atoms with van der Waals surface area (Å²) in [6.07, 6.45) is 3.85. The Balaban J connectivity index is 2.20. The molecular formula is C12H11BrClNO. The number of hydrogen-bond acceptors (Lipinski definition) is 1. The molecule has 1 aromatic carbocycles. The van der Waals surface area contributed by atoms with Crippen molar-refractivity contribution in [3.05, 3.63) is 57.3 Å². The molecule has 0 aliphatic heterocycles. The first-order valence-electron chi connectivity index (χ1n) is 4.88. The van der Waals surface area contributed by atoms with E-state index in [1.165, 1.54) is 0 Å². The number of aromatic nitrogens is 1. The summed E-state index contributed by atoms with van der Waals surface area (Å²) in [5.41, 5.74) is 1.97. The standard InChI is InChI=1S/C12H11BrClNO/c13-11-2-1-10(12(14)5-11)7-15-4-3-9(6-15)8-16/h1-6,16H,7-8H2. The Morgan fingerprint density at radius 3 is 2.75 bits per heavy atom. The van der Waals surface area contributed by atoms with Gasteiger partial charge in [-0.3, -0.25) is 0 Å². The Hall–Kier alpha value is -0.770. The van der Waals surface area contributed by atoms with Gasteiger partial charge in [-0.15, -0.1) is 0 Å². The van der Waals surface area contributed by atoms with E-state index in [0.717, 1.165) is 20.6 Å². The fourth-order valence-corrected chi connectivity index (χ4v) is 2.26. The van der Waals surface area contributed by atoms with Gasteiger partial charge in [0.05, 0.1) is 6.61 Å². The highest BCUT2D eigenvalue weighted by Crippen LogP contribution is 2.22. The van der Waals surface area contributed by atoms with Crippen LogP contribution in [-0.2, 0) is 13.2 Å². The van der Waals surface area contributed by atoms with Gasteiger partial charge in [0.1, 0.15) is 0 Å². The average Bonchev–Trinajstić information content (AvgIpc) is 2.70. The number of aliphatic hydroxyl groups excluding tert-OH is 1. The van der Waals surface area contributed by atoms with E-state index in [2.05, 4.69) is 15.9 Å². The lowest BCUT2D eigenvalue weighted by Crippen LogP contribution is -1.97. The maximum atomic E-state index is 8.96. The molecule has 0 atom stereocenters. The van der Waals surface area contributed by atoms with Crippen molar-refractivity contribution in [3.8, 4) is 0 Å². The van der Waals surface area contributed by atoms with Gasteiger partial charge in [0.2, 0.25) is 0 Å². The maximum absolute atomic E-state index is 8.96. The van der Waals surface area contributed by atoms with Gasteiger partial charge in [-0.2, -0.15) is 0 Å². The first kappa shape index (κ1) is 11.7. The third-order valence-electron chi connectivity index (χ3n) is 2.36. The molecule has 0 spiro atoms. The van der Waals surface area contributed by atoms with E-state index in [1.807, 2.05) is 41.2 Å². The Morgan fingerprint density at radius 1 is 1.31 bits per heavy atom. The minimum Gasteiger partial charge on any atom is -0.392 e. The van der Waals surface area contributed by atoms with Crippen LogP contribution < -0.4 is 0 Å². The molecule has 0 unspecified atom stereocenters. The molecule has 0 aliphatic rings. The van der Waals surface area contributed by atoms with Gasteiger partial charge < -0.3 is 9.67 Å². The zero-order valence-electron chi connectivity index (χ0n) is 8.53. The molecular weight excluding hydrogens is 289 g/mol. The number of halogens is 2. The van der Waals surface area contributed by atoms with E-state index >= 15 is 0 Å². The number of benzene rings is 1. The summed E-state index contributed by atoms with van der Waals surface area (Å²) in [7, 11) is 0. The van der Waals surface area contributed by atoms with Crippen LogP contribution in [0.2, 0.25) is 5.02 Å². The summed E-state index contributed by atoms with van der Waals surface area (Å²) in [4.78, 5) is 0. The number of rotatable bonds is 3. The lowest BCUT2D eigenvalue weighted by Gasteiger charge is -2.06. The summed E-state index contributed by atoms with van der Waals surface area (Å²) in [5.74, 6) is 0. The van der Waals surface area contributed by atoms with Gasteiger partial charge in [0.25, 0.3) is 0 Å². The van der Waals surface area contributed by atoms with Crippen molar-refractivity contribution in [1.82, 2.24) is 4.57 Å². The van der Waals surface area contributed by atoms with Gasteiger partial charge in [0.15, 0.2) is 0 Å². The van der Waals surface area contributed by atoms with Crippen molar-refractivity contribution in [2.75, 3.05) is 0 Å². The molecule has 1 heterocycles. The Labute approximate surface area is 108 Å². The monoisotopic (exact) mass is 299 g/mol. The maximum Gasteiger partial charge on any atom is 0.0696 e. The van der Waals surface area contributed by atoms with Crippen molar-refractivity contribution >= 4 is 27.5 Å². The van der Waals surface area contributed by atoms with Gasteiger partial charge in [-0.05, 0) is 29.3 Å². The van der Waals surface area contributed by atoms with Crippen molar-refractivity contribution < 1.29 is 5.11 Å². The molecule has 0 saturated carbocycles. The Morgan fingerprint density at radius 2 is 2.12 bits per heavy atom. The third kappa shape index (κ3) is 2.67. The zero-order valence-corrected chi connectivity index (χ0v) is 10.9. The highest BCUT2D eigenvalue weighted by molar-refractivity contribution is 9.10. The highest BCUT2D eigenvalue weighted by atomic mass is 79.9. The molecule has 16 heavy (non-hydrogen) atoms. The van der Waals surface area contributed by atoms with E-state index in [0.29, 0.717) is 6.54 Å². The molecule has 2 aromatic rings. The summed E-state index contributed by atoms with van der Waals surface area (Å²) < 4.78 is 2.98. The minimum atomic E-state index is 0.0705. The molecule has 4 heteroatoms. The summed E-state index contributed by atoms with van der Waals surface area (Å²) in [6.45, 7) is 0.785. The second-order valence-corrected chi connectivity index (χ2v) is 4.91. The van der Waals surface area contributed by atoms with Gasteiger partial charge in [-0.1, -0.05) is 33.6 Å².